The molecule has 4 aromatic rings. The van der Waals surface area contributed by atoms with Crippen molar-refractivity contribution in [2.24, 2.45) is 5.92 Å². The highest BCUT2D eigenvalue weighted by Gasteiger charge is 2.18. The van der Waals surface area contributed by atoms with Gasteiger partial charge in [-0.05, 0) is 39.3 Å². The highest BCUT2D eigenvalue weighted by Crippen LogP contribution is 2.34. The predicted molar refractivity (Wildman–Crippen MR) is 120 cm³/mol. The fourth-order valence-corrected chi connectivity index (χ4v) is 3.99. The molecule has 0 atom stereocenters. The topological polar surface area (TPSA) is 0 Å². The number of hydrogen-bond donors (Lipinski definition) is 0. The average molecular weight is 363 g/mol. The summed E-state index contributed by atoms with van der Waals surface area (Å²) in [5, 5.41) is 0. The Kier molecular flexibility index (Phi) is 5.39. The third kappa shape index (κ3) is 3.92. The lowest BCUT2D eigenvalue weighted by atomic mass is 9.82. The first-order chi connectivity index (χ1) is 13.7. The first-order valence-corrected chi connectivity index (χ1v) is 10.0. The van der Waals surface area contributed by atoms with E-state index in [4.69, 9.17) is 0 Å². The molecule has 4 aromatic carbocycles. The molecule has 28 heavy (non-hydrogen) atoms. The van der Waals surface area contributed by atoms with Crippen LogP contribution in [-0.2, 0) is 0 Å². The van der Waals surface area contributed by atoms with Gasteiger partial charge in [0.1, 0.15) is 0 Å². The van der Waals surface area contributed by atoms with Crippen LogP contribution in [0.3, 0.4) is 0 Å². The van der Waals surface area contributed by atoms with Crippen molar-refractivity contribution < 1.29 is 0 Å². The minimum Gasteiger partial charge on any atom is -0.0622 e. The third-order valence-electron chi connectivity index (χ3n) is 5.42. The second kappa shape index (κ2) is 8.27. The zero-order valence-electron chi connectivity index (χ0n) is 16.5. The second-order valence-corrected chi connectivity index (χ2v) is 7.70. The van der Waals surface area contributed by atoms with Crippen molar-refractivity contribution in [3.05, 3.63) is 120 Å². The molecule has 0 N–H and O–H groups in total. The molecule has 0 saturated heterocycles. The summed E-state index contributed by atoms with van der Waals surface area (Å²) >= 11 is 0. The Morgan fingerprint density at radius 1 is 0.393 bits per heavy atom. The van der Waals surface area contributed by atoms with Crippen LogP contribution in [-0.4, -0.2) is 0 Å². The van der Waals surface area contributed by atoms with E-state index in [1.165, 1.54) is 33.4 Å². The highest BCUT2D eigenvalue weighted by molar-refractivity contribution is 5.65. The van der Waals surface area contributed by atoms with Crippen LogP contribution < -0.4 is 0 Å². The van der Waals surface area contributed by atoms with Crippen molar-refractivity contribution in [3.8, 4) is 22.3 Å². The molecule has 0 saturated carbocycles. The summed E-state index contributed by atoms with van der Waals surface area (Å²) < 4.78 is 0. The second-order valence-electron chi connectivity index (χ2n) is 7.70. The van der Waals surface area contributed by atoms with Gasteiger partial charge in [0.15, 0.2) is 0 Å². The van der Waals surface area contributed by atoms with Gasteiger partial charge < -0.3 is 0 Å². The zero-order valence-corrected chi connectivity index (χ0v) is 16.5. The summed E-state index contributed by atoms with van der Waals surface area (Å²) in [6.07, 6.45) is 0. The molecular weight excluding hydrogens is 336 g/mol. The van der Waals surface area contributed by atoms with E-state index in [2.05, 4.69) is 123 Å². The van der Waals surface area contributed by atoms with E-state index in [-0.39, 0.29) is 0 Å². The van der Waals surface area contributed by atoms with Crippen LogP contribution in [0.2, 0.25) is 0 Å². The average Bonchev–Trinajstić information content (AvgIpc) is 2.76. The van der Waals surface area contributed by atoms with E-state index in [1.807, 2.05) is 0 Å². The molecule has 0 radical (unpaired) electrons. The van der Waals surface area contributed by atoms with E-state index in [9.17, 15) is 0 Å². The normalized spacial score (nSPS) is 11.1. The molecule has 0 fully saturated rings. The molecule has 0 bridgehead atoms. The van der Waals surface area contributed by atoms with Crippen LogP contribution >= 0.6 is 0 Å². The van der Waals surface area contributed by atoms with Crippen LogP contribution in [0.25, 0.3) is 22.3 Å². The molecule has 138 valence electrons. The summed E-state index contributed by atoms with van der Waals surface area (Å²) in [6.45, 7) is 4.61. The van der Waals surface area contributed by atoms with Gasteiger partial charge in [-0.3, -0.25) is 0 Å². The monoisotopic (exact) mass is 362 g/mol. The van der Waals surface area contributed by atoms with Crippen molar-refractivity contribution in [1.29, 1.82) is 0 Å². The molecule has 0 heteroatoms. The lowest BCUT2D eigenvalue weighted by Crippen LogP contribution is -2.08. The van der Waals surface area contributed by atoms with E-state index in [1.54, 1.807) is 0 Å². The quantitative estimate of drug-likeness (QED) is 0.339. The van der Waals surface area contributed by atoms with Gasteiger partial charge in [-0.15, -0.1) is 0 Å². The third-order valence-corrected chi connectivity index (χ3v) is 5.42. The van der Waals surface area contributed by atoms with Crippen LogP contribution in [0.4, 0.5) is 0 Å². The van der Waals surface area contributed by atoms with Crippen molar-refractivity contribution in [1.82, 2.24) is 0 Å². The summed E-state index contributed by atoms with van der Waals surface area (Å²) in [5.41, 5.74) is 7.83. The van der Waals surface area contributed by atoms with E-state index >= 15 is 0 Å². The minimum absolute atomic E-state index is 0.398. The summed E-state index contributed by atoms with van der Waals surface area (Å²) in [7, 11) is 0. The molecule has 0 aliphatic rings. The van der Waals surface area contributed by atoms with Crippen LogP contribution in [0.15, 0.2) is 109 Å². The van der Waals surface area contributed by atoms with Crippen molar-refractivity contribution in [2.45, 2.75) is 19.8 Å². The maximum absolute atomic E-state index is 2.31. The molecule has 0 aliphatic heterocycles. The van der Waals surface area contributed by atoms with Gasteiger partial charge in [0.25, 0.3) is 0 Å². The molecule has 0 spiro atoms. The molecular formula is C28H26. The Morgan fingerprint density at radius 3 is 1.04 bits per heavy atom. The fraction of sp³-hybridized carbons (Fsp3) is 0.143. The maximum atomic E-state index is 2.31. The summed E-state index contributed by atoms with van der Waals surface area (Å²) in [4.78, 5) is 0. The maximum Gasteiger partial charge on any atom is 0.0112 e. The highest BCUT2D eigenvalue weighted by atomic mass is 14.2. The van der Waals surface area contributed by atoms with Crippen LogP contribution in [0, 0.1) is 5.92 Å². The van der Waals surface area contributed by atoms with Crippen LogP contribution in [0.5, 0.6) is 0 Å². The molecule has 0 amide bonds. The zero-order chi connectivity index (χ0) is 19.3. The summed E-state index contributed by atoms with van der Waals surface area (Å²) in [6, 6.07) is 39.3. The molecule has 4 rings (SSSR count). The first kappa shape index (κ1) is 18.3. The van der Waals surface area contributed by atoms with Crippen LogP contribution in [0.1, 0.15) is 30.9 Å². The van der Waals surface area contributed by atoms with Gasteiger partial charge in [-0.25, -0.2) is 0 Å². The molecule has 0 unspecified atom stereocenters. The Bertz CT molecular complexity index is 912. The van der Waals surface area contributed by atoms with E-state index < -0.39 is 0 Å². The fourth-order valence-electron chi connectivity index (χ4n) is 3.99. The molecule has 0 heterocycles. The molecule has 0 nitrogen and oxygen atoms in total. The SMILES string of the molecule is CC(C)C(c1ccc(-c2ccccc2)cc1)c1ccc(-c2ccccc2)cc1. The van der Waals surface area contributed by atoms with Gasteiger partial charge in [0, 0.05) is 5.92 Å². The largest absolute Gasteiger partial charge is 0.0622 e. The van der Waals surface area contributed by atoms with Crippen molar-refractivity contribution >= 4 is 0 Å². The van der Waals surface area contributed by atoms with Gasteiger partial charge in [0.2, 0.25) is 0 Å². The van der Waals surface area contributed by atoms with Gasteiger partial charge >= 0.3 is 0 Å². The number of hydrogen-bond acceptors (Lipinski definition) is 0. The Morgan fingerprint density at radius 2 is 0.714 bits per heavy atom. The number of rotatable bonds is 5. The number of benzene rings is 4. The lowest BCUT2D eigenvalue weighted by Gasteiger charge is -2.23. The first-order valence-electron chi connectivity index (χ1n) is 10.0. The van der Waals surface area contributed by atoms with E-state index in [0.29, 0.717) is 11.8 Å². The molecule has 0 aliphatic carbocycles. The predicted octanol–water partition coefficient (Wildman–Crippen LogP) is 7.81. The van der Waals surface area contributed by atoms with Gasteiger partial charge in [-0.2, -0.15) is 0 Å². The van der Waals surface area contributed by atoms with E-state index in [0.717, 1.165) is 0 Å². The Hall–Kier alpha value is -3.12. The van der Waals surface area contributed by atoms with Crippen molar-refractivity contribution in [2.75, 3.05) is 0 Å². The standard InChI is InChI=1S/C28H26/c1-21(2)28(26-17-13-24(14-18-26)22-9-5-3-6-10-22)27-19-15-25(16-20-27)23-11-7-4-8-12-23/h3-21,28H,1-2H3. The lowest BCUT2D eigenvalue weighted by molar-refractivity contribution is 0.564. The van der Waals surface area contributed by atoms with Crippen molar-refractivity contribution in [3.63, 3.8) is 0 Å². The Labute approximate surface area is 168 Å². The minimum atomic E-state index is 0.398. The molecule has 0 aromatic heterocycles. The summed E-state index contributed by atoms with van der Waals surface area (Å²) in [5.74, 6) is 0.930. The van der Waals surface area contributed by atoms with Gasteiger partial charge in [0.05, 0.1) is 0 Å². The Balaban J connectivity index is 1.62. The smallest absolute Gasteiger partial charge is 0.0112 e. The van der Waals surface area contributed by atoms with Gasteiger partial charge in [-0.1, -0.05) is 123 Å².